The van der Waals surface area contributed by atoms with Crippen LogP contribution in [-0.2, 0) is 16.7 Å². The third kappa shape index (κ3) is 2.89. The van der Waals surface area contributed by atoms with Crippen molar-refractivity contribution in [3.8, 4) is 0 Å². The standard InChI is InChI=1S/C12H10INO3S/c13-11-6-2-1-4-9(11)8-10-5-3-7-14(15)12(10)18(16)17/h1-7,14H,8H2. The van der Waals surface area contributed by atoms with Gasteiger partial charge >= 0.3 is 0 Å². The van der Waals surface area contributed by atoms with E-state index in [9.17, 15) is 13.6 Å². The minimum atomic E-state index is -2.50. The van der Waals surface area contributed by atoms with Crippen LogP contribution in [0.15, 0.2) is 48.2 Å². The first-order chi connectivity index (χ1) is 8.59. The molecular weight excluding hydrogens is 365 g/mol. The molecule has 0 saturated heterocycles. The second kappa shape index (κ2) is 5.79. The monoisotopic (exact) mass is 375 g/mol. The van der Waals surface area contributed by atoms with E-state index in [1.165, 1.54) is 6.20 Å². The molecule has 1 atom stereocenters. The molecule has 18 heavy (non-hydrogen) atoms. The predicted molar refractivity (Wildman–Crippen MR) is 78.3 cm³/mol. The molecule has 94 valence electrons. The molecule has 1 aromatic rings. The van der Waals surface area contributed by atoms with E-state index in [0.29, 0.717) is 12.0 Å². The van der Waals surface area contributed by atoms with Crippen molar-refractivity contribution >= 4 is 37.9 Å². The van der Waals surface area contributed by atoms with Crippen molar-refractivity contribution in [3.05, 3.63) is 62.5 Å². The molecule has 4 nitrogen and oxygen atoms in total. The Labute approximate surface area is 120 Å². The zero-order valence-corrected chi connectivity index (χ0v) is 12.2. The van der Waals surface area contributed by atoms with Crippen LogP contribution in [0.25, 0.3) is 0 Å². The van der Waals surface area contributed by atoms with E-state index >= 15 is 0 Å². The normalized spacial score (nSPS) is 18.7. The highest BCUT2D eigenvalue weighted by Gasteiger charge is 2.19. The Morgan fingerprint density at radius 2 is 2.00 bits per heavy atom. The first kappa shape index (κ1) is 13.5. The summed E-state index contributed by atoms with van der Waals surface area (Å²) in [5.74, 6) is 0. The molecule has 0 aromatic heterocycles. The van der Waals surface area contributed by atoms with Crippen LogP contribution in [-0.4, -0.2) is 13.4 Å². The summed E-state index contributed by atoms with van der Waals surface area (Å²) in [7, 11) is -2.50. The van der Waals surface area contributed by atoms with Gasteiger partial charge in [0.05, 0.1) is 0 Å². The number of allylic oxidation sites excluding steroid dienone is 2. The number of benzene rings is 1. The molecule has 0 fully saturated rings. The summed E-state index contributed by atoms with van der Waals surface area (Å²) in [6, 6.07) is 7.69. The highest BCUT2D eigenvalue weighted by atomic mass is 127. The highest BCUT2D eigenvalue weighted by Crippen LogP contribution is 2.16. The van der Waals surface area contributed by atoms with E-state index in [-0.39, 0.29) is 4.99 Å². The maximum absolute atomic E-state index is 11.6. The van der Waals surface area contributed by atoms with Crippen molar-refractivity contribution < 1.29 is 13.5 Å². The Balaban J connectivity index is 2.40. The molecule has 1 N–H and O–H groups in total. The topological polar surface area (TPSA) is 61.6 Å². The van der Waals surface area contributed by atoms with E-state index in [4.69, 9.17) is 0 Å². The van der Waals surface area contributed by atoms with Crippen LogP contribution in [0.3, 0.4) is 0 Å². The summed E-state index contributed by atoms with van der Waals surface area (Å²) < 4.78 is 23.3. The third-order valence-electron chi connectivity index (χ3n) is 2.57. The Morgan fingerprint density at radius 3 is 2.67 bits per heavy atom. The van der Waals surface area contributed by atoms with Crippen LogP contribution >= 0.6 is 22.6 Å². The van der Waals surface area contributed by atoms with Crippen LogP contribution in [0.2, 0.25) is 0 Å². The van der Waals surface area contributed by atoms with Gasteiger partial charge in [0.15, 0.2) is 0 Å². The molecule has 0 amide bonds. The molecule has 0 radical (unpaired) electrons. The molecule has 0 aliphatic carbocycles. The fourth-order valence-corrected chi connectivity index (χ4v) is 2.90. The summed E-state index contributed by atoms with van der Waals surface area (Å²) in [5, 5.41) is 11.1. The lowest BCUT2D eigenvalue weighted by Crippen LogP contribution is -3.06. The van der Waals surface area contributed by atoms with Crippen molar-refractivity contribution in [2.75, 3.05) is 0 Å². The number of nitrogens with one attached hydrogen (secondary N) is 1. The average Bonchev–Trinajstić information content (AvgIpc) is 2.31. The SMILES string of the molecule is O=S(=O)=C1C(Cc2ccccc2I)=CC=C[NH+]1[O-]. The van der Waals surface area contributed by atoms with Gasteiger partial charge < -0.3 is 10.3 Å². The number of rotatable bonds is 2. The smallest absolute Gasteiger partial charge is 0.277 e. The zero-order valence-electron chi connectivity index (χ0n) is 9.26. The van der Waals surface area contributed by atoms with Crippen molar-refractivity contribution in [2.45, 2.75) is 6.42 Å². The molecule has 1 aliphatic rings. The first-order valence-electron chi connectivity index (χ1n) is 5.21. The molecule has 2 rings (SSSR count). The predicted octanol–water partition coefficient (Wildman–Crippen LogP) is 0.679. The maximum Gasteiger partial charge on any atom is 0.277 e. The second-order valence-corrected chi connectivity index (χ2v) is 5.79. The summed E-state index contributed by atoms with van der Waals surface area (Å²) in [4.78, 5) is -0.128. The quantitative estimate of drug-likeness (QED) is 0.470. The maximum atomic E-state index is 11.6. The molecule has 1 aliphatic heterocycles. The van der Waals surface area contributed by atoms with Crippen molar-refractivity contribution in [1.82, 2.24) is 0 Å². The fourth-order valence-electron chi connectivity index (χ4n) is 1.74. The van der Waals surface area contributed by atoms with Crippen molar-refractivity contribution in [2.24, 2.45) is 0 Å². The zero-order chi connectivity index (χ0) is 13.1. The van der Waals surface area contributed by atoms with Gasteiger partial charge in [-0.2, -0.15) is 8.42 Å². The van der Waals surface area contributed by atoms with E-state index in [1.807, 2.05) is 24.3 Å². The second-order valence-electron chi connectivity index (χ2n) is 3.75. The fraction of sp³-hybridized carbons (Fsp3) is 0.0833. The molecule has 1 unspecified atom stereocenters. The van der Waals surface area contributed by atoms with Crippen molar-refractivity contribution in [3.63, 3.8) is 0 Å². The molecular formula is C12H10INO3S. The number of hydroxylamine groups is 2. The Bertz CT molecular complexity index is 654. The highest BCUT2D eigenvalue weighted by molar-refractivity contribution is 14.1. The number of quaternary nitrogens is 1. The Hall–Kier alpha value is -0.960. The Kier molecular flexibility index (Phi) is 4.33. The lowest BCUT2D eigenvalue weighted by Gasteiger charge is -2.21. The van der Waals surface area contributed by atoms with E-state index in [1.54, 1.807) is 12.2 Å². The van der Waals surface area contributed by atoms with Gasteiger partial charge in [0.1, 0.15) is 6.20 Å². The first-order valence-corrected chi connectivity index (χ1v) is 7.36. The minimum absolute atomic E-state index is 0.128. The lowest BCUT2D eigenvalue weighted by molar-refractivity contribution is -0.680. The van der Waals surface area contributed by atoms with Gasteiger partial charge in [-0.1, -0.05) is 18.2 Å². The summed E-state index contributed by atoms with van der Waals surface area (Å²) >= 11 is 2.19. The van der Waals surface area contributed by atoms with Crippen molar-refractivity contribution in [1.29, 1.82) is 0 Å². The van der Waals surface area contributed by atoms with Crippen LogP contribution in [0.5, 0.6) is 0 Å². The largest absolute Gasteiger partial charge is 0.623 e. The summed E-state index contributed by atoms with van der Waals surface area (Å²) in [5.41, 5.74) is 1.55. The van der Waals surface area contributed by atoms with Gasteiger partial charge in [0.2, 0.25) is 0 Å². The number of hydrogen-bond donors (Lipinski definition) is 1. The third-order valence-corrected chi connectivity index (χ3v) is 4.41. The average molecular weight is 375 g/mol. The van der Waals surface area contributed by atoms with Gasteiger partial charge in [-0.25, -0.2) is 0 Å². The van der Waals surface area contributed by atoms with E-state index < -0.39 is 15.4 Å². The summed E-state index contributed by atoms with van der Waals surface area (Å²) in [6.07, 6.45) is 4.97. The van der Waals surface area contributed by atoms with Gasteiger partial charge in [0, 0.05) is 15.6 Å². The molecule has 6 heteroatoms. The molecule has 0 bridgehead atoms. The van der Waals surface area contributed by atoms with Crippen LogP contribution in [0, 0.1) is 8.78 Å². The molecule has 0 saturated carbocycles. The van der Waals surface area contributed by atoms with E-state index in [0.717, 1.165) is 9.13 Å². The van der Waals surface area contributed by atoms with Gasteiger partial charge in [-0.3, -0.25) is 0 Å². The lowest BCUT2D eigenvalue weighted by atomic mass is 10.0. The molecule has 0 spiro atoms. The number of hydrogen-bond acceptors (Lipinski definition) is 3. The minimum Gasteiger partial charge on any atom is -0.623 e. The number of halogens is 1. The van der Waals surface area contributed by atoms with Crippen LogP contribution < -0.4 is 5.06 Å². The van der Waals surface area contributed by atoms with Gasteiger partial charge in [0.25, 0.3) is 15.3 Å². The van der Waals surface area contributed by atoms with Gasteiger partial charge in [-0.05, 0) is 46.4 Å². The molecule has 1 heterocycles. The van der Waals surface area contributed by atoms with Gasteiger partial charge in [-0.15, -0.1) is 0 Å². The molecule has 1 aromatic carbocycles. The Morgan fingerprint density at radius 1 is 1.28 bits per heavy atom. The van der Waals surface area contributed by atoms with E-state index in [2.05, 4.69) is 22.6 Å². The van der Waals surface area contributed by atoms with Crippen LogP contribution in [0.4, 0.5) is 0 Å². The summed E-state index contributed by atoms with van der Waals surface area (Å²) in [6.45, 7) is 0. The van der Waals surface area contributed by atoms with Crippen LogP contribution in [0.1, 0.15) is 5.56 Å².